The van der Waals surface area contributed by atoms with Crippen LogP contribution in [-0.4, -0.2) is 24.7 Å². The Morgan fingerprint density at radius 1 is 0.977 bits per heavy atom. The zero-order valence-electron chi connectivity index (χ0n) is 24.5. The molecule has 0 spiro atoms. The molecule has 2 aromatic carbocycles. The summed E-state index contributed by atoms with van der Waals surface area (Å²) >= 11 is 0. The topological polar surface area (TPSA) is 51.2 Å². The van der Waals surface area contributed by atoms with Crippen molar-refractivity contribution < 1.29 is 40.3 Å². The van der Waals surface area contributed by atoms with Crippen LogP contribution in [-0.2, 0) is 22.7 Å². The zero-order chi connectivity index (χ0) is 32.8. The summed E-state index contributed by atoms with van der Waals surface area (Å²) in [5.41, 5.74) is 0.542. The molecule has 4 nitrogen and oxygen atoms in total. The molecule has 3 rings (SSSR count). The Morgan fingerprint density at radius 3 is 2.02 bits per heavy atom. The molecule has 1 amide bonds. The van der Waals surface area contributed by atoms with Crippen LogP contribution in [0.1, 0.15) is 56.5 Å². The van der Waals surface area contributed by atoms with E-state index in [0.717, 1.165) is 23.8 Å². The molecule has 1 aromatic heterocycles. The number of hydrogen-bond donors (Lipinski definition) is 1. The number of pyridine rings is 1. The highest BCUT2D eigenvalue weighted by Gasteiger charge is 2.38. The zero-order valence-corrected chi connectivity index (χ0v) is 24.5. The molecule has 0 radical (unpaired) electrons. The standard InChI is InChI=1S/C23H21F3N2O2.C5H6F4.C4H8/c1-22(25,26)17-11-18(13-19(24)12-17)23(27-15-29,14-16-7-4-3-5-8-16)20-9-6-10-21(28-20)30-2;1-2-4(6)3-5(7,8)9;1-4(2)3/h3-13,15H,14H2,1-2H3,(H,27,29);2H,3H2,1H3;1H2,2-3H3/b;4-2+;. The second kappa shape index (κ2) is 16.5. The SMILES string of the molecule is C/C=C(/F)CC(F)(F)F.C=C(C)C.COc1cccc(C(Cc2ccccc2)(NC=O)c2cc(F)cc(C(C)(F)F)c2)n1. The number of allylic oxidation sites excluding steroid dienone is 3. The van der Waals surface area contributed by atoms with Gasteiger partial charge in [0.25, 0.3) is 5.92 Å². The fraction of sp³-hybridized carbons (Fsp3) is 0.312. The fourth-order valence-corrected chi connectivity index (χ4v) is 3.70. The highest BCUT2D eigenvalue weighted by atomic mass is 19.4. The van der Waals surface area contributed by atoms with Gasteiger partial charge in [0, 0.05) is 25.0 Å². The predicted molar refractivity (Wildman–Crippen MR) is 153 cm³/mol. The Morgan fingerprint density at radius 2 is 1.56 bits per heavy atom. The van der Waals surface area contributed by atoms with Crippen molar-refractivity contribution in [1.82, 2.24) is 10.3 Å². The molecule has 1 N–H and O–H groups in total. The van der Waals surface area contributed by atoms with Gasteiger partial charge in [0.15, 0.2) is 0 Å². The van der Waals surface area contributed by atoms with Gasteiger partial charge in [0.1, 0.15) is 17.2 Å². The smallest absolute Gasteiger partial charge is 0.395 e. The summed E-state index contributed by atoms with van der Waals surface area (Å²) in [7, 11) is 1.44. The molecule has 0 bridgehead atoms. The number of alkyl halides is 5. The molecule has 0 fully saturated rings. The van der Waals surface area contributed by atoms with E-state index in [4.69, 9.17) is 4.74 Å². The van der Waals surface area contributed by atoms with Gasteiger partial charge in [-0.15, -0.1) is 6.58 Å². The van der Waals surface area contributed by atoms with Crippen molar-refractivity contribution in [1.29, 1.82) is 0 Å². The lowest BCUT2D eigenvalue weighted by Gasteiger charge is -2.34. The third kappa shape index (κ3) is 12.7. The molecule has 234 valence electrons. The highest BCUT2D eigenvalue weighted by molar-refractivity contribution is 5.54. The monoisotopic (exact) mass is 612 g/mol. The van der Waals surface area contributed by atoms with E-state index < -0.39 is 41.3 Å². The van der Waals surface area contributed by atoms with Crippen LogP contribution in [0.15, 0.2) is 90.8 Å². The normalized spacial score (nSPS) is 12.9. The van der Waals surface area contributed by atoms with Gasteiger partial charge in [-0.25, -0.2) is 22.5 Å². The van der Waals surface area contributed by atoms with Crippen LogP contribution in [0, 0.1) is 5.82 Å². The molecule has 0 saturated carbocycles. The fourth-order valence-electron chi connectivity index (χ4n) is 3.70. The molecule has 1 heterocycles. The van der Waals surface area contributed by atoms with Crippen molar-refractivity contribution in [3.8, 4) is 5.88 Å². The van der Waals surface area contributed by atoms with Crippen LogP contribution >= 0.6 is 0 Å². The van der Waals surface area contributed by atoms with Crippen molar-refractivity contribution in [3.05, 3.63) is 119 Å². The Bertz CT molecular complexity index is 1350. The number of carbonyl (C=O) groups is 1. The summed E-state index contributed by atoms with van der Waals surface area (Å²) < 4.78 is 93.1. The van der Waals surface area contributed by atoms with Crippen LogP contribution in [0.2, 0.25) is 0 Å². The third-order valence-corrected chi connectivity index (χ3v) is 5.57. The summed E-state index contributed by atoms with van der Waals surface area (Å²) in [5.74, 6) is -4.96. The highest BCUT2D eigenvalue weighted by Crippen LogP contribution is 2.37. The van der Waals surface area contributed by atoms with E-state index in [1.807, 2.05) is 44.2 Å². The number of hydrogen-bond acceptors (Lipinski definition) is 3. The minimum atomic E-state index is -4.42. The minimum absolute atomic E-state index is 0.149. The first kappa shape index (κ1) is 36.9. The van der Waals surface area contributed by atoms with E-state index in [1.165, 1.54) is 25.7 Å². The van der Waals surface area contributed by atoms with E-state index in [0.29, 0.717) is 19.0 Å². The Kier molecular flexibility index (Phi) is 14.1. The van der Waals surface area contributed by atoms with Gasteiger partial charge in [-0.3, -0.25) is 4.79 Å². The predicted octanol–water partition coefficient (Wildman–Crippen LogP) is 8.97. The molecule has 43 heavy (non-hydrogen) atoms. The number of amides is 1. The third-order valence-electron chi connectivity index (χ3n) is 5.57. The second-order valence-corrected chi connectivity index (χ2v) is 9.75. The molecular weight excluding hydrogens is 577 g/mol. The summed E-state index contributed by atoms with van der Waals surface area (Å²) in [4.78, 5) is 16.1. The molecular formula is C32H35F7N2O2. The van der Waals surface area contributed by atoms with E-state index in [2.05, 4.69) is 16.9 Å². The van der Waals surface area contributed by atoms with Crippen LogP contribution in [0.3, 0.4) is 0 Å². The molecule has 0 aliphatic carbocycles. The van der Waals surface area contributed by atoms with Gasteiger partial charge in [-0.1, -0.05) is 48.0 Å². The Balaban J connectivity index is 0.000000596. The maximum absolute atomic E-state index is 14.4. The van der Waals surface area contributed by atoms with Crippen molar-refractivity contribution in [2.24, 2.45) is 0 Å². The number of benzene rings is 2. The first-order valence-corrected chi connectivity index (χ1v) is 12.9. The number of nitrogens with one attached hydrogen (secondary N) is 1. The Labute approximate surface area is 247 Å². The van der Waals surface area contributed by atoms with Crippen molar-refractivity contribution in [3.63, 3.8) is 0 Å². The molecule has 3 aromatic rings. The second-order valence-electron chi connectivity index (χ2n) is 9.75. The van der Waals surface area contributed by atoms with Gasteiger partial charge >= 0.3 is 6.18 Å². The van der Waals surface area contributed by atoms with Crippen LogP contribution in [0.4, 0.5) is 30.7 Å². The summed E-state index contributed by atoms with van der Waals surface area (Å²) in [6.45, 7) is 9.42. The first-order chi connectivity index (χ1) is 20.0. The maximum Gasteiger partial charge on any atom is 0.395 e. The average Bonchev–Trinajstić information content (AvgIpc) is 2.91. The average molecular weight is 613 g/mol. The van der Waals surface area contributed by atoms with Gasteiger partial charge in [0.2, 0.25) is 12.3 Å². The van der Waals surface area contributed by atoms with Crippen LogP contribution in [0.25, 0.3) is 0 Å². The number of ether oxygens (including phenoxy) is 1. The van der Waals surface area contributed by atoms with Crippen LogP contribution < -0.4 is 10.1 Å². The van der Waals surface area contributed by atoms with E-state index in [-0.39, 0.29) is 17.9 Å². The number of aromatic nitrogens is 1. The molecule has 1 unspecified atom stereocenters. The van der Waals surface area contributed by atoms with Gasteiger partial charge in [-0.2, -0.15) is 13.2 Å². The van der Waals surface area contributed by atoms with Crippen molar-refractivity contribution in [2.75, 3.05) is 7.11 Å². The van der Waals surface area contributed by atoms with Crippen LogP contribution in [0.5, 0.6) is 5.88 Å². The van der Waals surface area contributed by atoms with Crippen molar-refractivity contribution in [2.45, 2.75) is 58.2 Å². The molecule has 0 saturated heterocycles. The molecule has 1 atom stereocenters. The lowest BCUT2D eigenvalue weighted by Crippen LogP contribution is -2.45. The largest absolute Gasteiger partial charge is 0.481 e. The van der Waals surface area contributed by atoms with Crippen molar-refractivity contribution >= 4 is 6.41 Å². The minimum Gasteiger partial charge on any atom is -0.481 e. The van der Waals surface area contributed by atoms with Gasteiger partial charge in [-0.05, 0) is 56.2 Å². The van der Waals surface area contributed by atoms with Gasteiger partial charge in [0.05, 0.1) is 19.2 Å². The Hall–Kier alpha value is -4.15. The first-order valence-electron chi connectivity index (χ1n) is 12.9. The number of carbonyl (C=O) groups excluding carboxylic acids is 1. The number of nitrogens with zero attached hydrogens (tertiary/aromatic N) is 1. The summed E-state index contributed by atoms with van der Waals surface area (Å²) in [6.07, 6.45) is -4.46. The number of methoxy groups -OCH3 is 1. The number of halogens is 7. The quantitative estimate of drug-likeness (QED) is 0.149. The van der Waals surface area contributed by atoms with Gasteiger partial charge < -0.3 is 10.1 Å². The van der Waals surface area contributed by atoms with E-state index in [9.17, 15) is 35.5 Å². The summed E-state index contributed by atoms with van der Waals surface area (Å²) in [5, 5.41) is 2.72. The molecule has 11 heteroatoms. The summed E-state index contributed by atoms with van der Waals surface area (Å²) in [6, 6.07) is 17.2. The van der Waals surface area contributed by atoms with E-state index in [1.54, 1.807) is 18.2 Å². The molecule has 0 aliphatic heterocycles. The van der Waals surface area contributed by atoms with E-state index >= 15 is 0 Å². The lowest BCUT2D eigenvalue weighted by molar-refractivity contribution is -0.130. The lowest BCUT2D eigenvalue weighted by atomic mass is 9.79. The maximum atomic E-state index is 14.4. The molecule has 0 aliphatic rings. The number of rotatable bonds is 9.